The predicted molar refractivity (Wildman–Crippen MR) is 51.8 cm³/mol. The average molecular weight is 230 g/mol. The number of hydrogen-bond donors (Lipinski definition) is 1. The topological polar surface area (TPSA) is 38.1 Å². The van der Waals surface area contributed by atoms with Crippen LogP contribution in [0, 0.1) is 0 Å². The van der Waals surface area contributed by atoms with E-state index in [0.717, 1.165) is 5.56 Å². The van der Waals surface area contributed by atoms with Crippen LogP contribution in [-0.2, 0) is 12.7 Å². The molecule has 1 heterocycles. The third kappa shape index (κ3) is 2.01. The van der Waals surface area contributed by atoms with Crippen LogP contribution in [0.2, 0.25) is 0 Å². The van der Waals surface area contributed by atoms with E-state index in [9.17, 15) is 13.2 Å². The second-order valence-corrected chi connectivity index (χ2v) is 3.35. The Bertz CT molecular complexity index is 504. The average Bonchev–Trinajstić information content (AvgIpc) is 2.60. The molecule has 1 aromatic carbocycles. The Balaban J connectivity index is 2.46. The van der Waals surface area contributed by atoms with Gasteiger partial charge in [0.1, 0.15) is 5.52 Å². The molecular weight excluding hydrogens is 221 g/mol. The number of benzene rings is 1. The van der Waals surface area contributed by atoms with Crippen molar-refractivity contribution in [1.82, 2.24) is 10.3 Å². The Labute approximate surface area is 89.3 Å². The number of nitrogens with one attached hydrogen (secondary N) is 1. The molecule has 0 fully saturated rings. The van der Waals surface area contributed by atoms with E-state index in [1.165, 1.54) is 6.07 Å². The molecule has 0 aliphatic rings. The molecule has 0 saturated carbocycles. The van der Waals surface area contributed by atoms with E-state index in [0.29, 0.717) is 6.54 Å². The zero-order chi connectivity index (χ0) is 11.8. The van der Waals surface area contributed by atoms with Gasteiger partial charge >= 0.3 is 12.1 Å². The van der Waals surface area contributed by atoms with Gasteiger partial charge in [-0.1, -0.05) is 6.07 Å². The van der Waals surface area contributed by atoms with Crippen molar-refractivity contribution in [2.75, 3.05) is 7.05 Å². The van der Waals surface area contributed by atoms with Gasteiger partial charge in [-0.3, -0.25) is 0 Å². The highest BCUT2D eigenvalue weighted by molar-refractivity contribution is 5.73. The summed E-state index contributed by atoms with van der Waals surface area (Å²) >= 11 is 0. The van der Waals surface area contributed by atoms with Gasteiger partial charge in [0.25, 0.3) is 0 Å². The minimum absolute atomic E-state index is 0.153. The second-order valence-electron chi connectivity index (χ2n) is 3.35. The van der Waals surface area contributed by atoms with Crippen LogP contribution in [-0.4, -0.2) is 12.0 Å². The first kappa shape index (κ1) is 10.9. The van der Waals surface area contributed by atoms with Crippen LogP contribution in [0.3, 0.4) is 0 Å². The summed E-state index contributed by atoms with van der Waals surface area (Å²) < 4.78 is 41.6. The fourth-order valence-corrected chi connectivity index (χ4v) is 1.40. The van der Waals surface area contributed by atoms with Crippen LogP contribution in [0.25, 0.3) is 11.1 Å². The standard InChI is InChI=1S/C10H9F3N2O/c1-14-5-6-2-3-7-8(4-6)16-9(15-7)10(11,12)13/h2-4,14H,5H2,1H3. The molecule has 2 rings (SSSR count). The van der Waals surface area contributed by atoms with Gasteiger partial charge < -0.3 is 9.73 Å². The van der Waals surface area contributed by atoms with Crippen LogP contribution in [0.1, 0.15) is 11.5 Å². The van der Waals surface area contributed by atoms with E-state index >= 15 is 0 Å². The molecule has 16 heavy (non-hydrogen) atoms. The number of aromatic nitrogens is 1. The van der Waals surface area contributed by atoms with E-state index in [2.05, 4.69) is 14.7 Å². The molecule has 1 N–H and O–H groups in total. The van der Waals surface area contributed by atoms with E-state index in [-0.39, 0.29) is 11.1 Å². The number of rotatable bonds is 2. The van der Waals surface area contributed by atoms with Gasteiger partial charge in [0.2, 0.25) is 0 Å². The maximum atomic E-state index is 12.3. The molecule has 0 bridgehead atoms. The Morgan fingerprint density at radius 1 is 1.38 bits per heavy atom. The first-order chi connectivity index (χ1) is 7.50. The summed E-state index contributed by atoms with van der Waals surface area (Å²) in [6, 6.07) is 4.77. The Morgan fingerprint density at radius 2 is 2.12 bits per heavy atom. The van der Waals surface area contributed by atoms with Gasteiger partial charge in [0, 0.05) is 6.54 Å². The first-order valence-corrected chi connectivity index (χ1v) is 4.62. The number of nitrogens with zero attached hydrogens (tertiary/aromatic N) is 1. The van der Waals surface area contributed by atoms with Crippen LogP contribution in [0.5, 0.6) is 0 Å². The molecule has 0 atom stereocenters. The fourth-order valence-electron chi connectivity index (χ4n) is 1.40. The minimum atomic E-state index is -4.54. The molecule has 3 nitrogen and oxygen atoms in total. The highest BCUT2D eigenvalue weighted by atomic mass is 19.4. The largest absolute Gasteiger partial charge is 0.468 e. The summed E-state index contributed by atoms with van der Waals surface area (Å²) in [5.74, 6) is -1.20. The summed E-state index contributed by atoms with van der Waals surface area (Å²) in [5, 5.41) is 2.90. The van der Waals surface area contributed by atoms with Crippen molar-refractivity contribution in [2.45, 2.75) is 12.7 Å². The van der Waals surface area contributed by atoms with Crippen LogP contribution in [0.15, 0.2) is 22.6 Å². The van der Waals surface area contributed by atoms with Crippen molar-refractivity contribution >= 4 is 11.1 Å². The lowest BCUT2D eigenvalue weighted by Gasteiger charge is -1.98. The fraction of sp³-hybridized carbons (Fsp3) is 0.300. The lowest BCUT2D eigenvalue weighted by Crippen LogP contribution is -2.04. The van der Waals surface area contributed by atoms with E-state index in [1.807, 2.05) is 0 Å². The van der Waals surface area contributed by atoms with Gasteiger partial charge in [-0.05, 0) is 24.7 Å². The number of oxazole rings is 1. The molecule has 6 heteroatoms. The predicted octanol–water partition coefficient (Wildman–Crippen LogP) is 2.57. The van der Waals surface area contributed by atoms with Crippen molar-refractivity contribution in [3.8, 4) is 0 Å². The normalized spacial score (nSPS) is 12.2. The molecule has 0 unspecified atom stereocenters. The summed E-state index contributed by atoms with van der Waals surface area (Å²) in [5.41, 5.74) is 1.21. The lowest BCUT2D eigenvalue weighted by atomic mass is 10.2. The molecule has 0 spiro atoms. The first-order valence-electron chi connectivity index (χ1n) is 4.62. The van der Waals surface area contributed by atoms with Gasteiger partial charge in [-0.2, -0.15) is 13.2 Å². The van der Waals surface area contributed by atoms with Gasteiger partial charge in [0.15, 0.2) is 5.58 Å². The Hall–Kier alpha value is -1.56. The summed E-state index contributed by atoms with van der Waals surface area (Å²) in [4.78, 5) is 3.37. The molecule has 0 saturated heterocycles. The summed E-state index contributed by atoms with van der Waals surface area (Å²) in [6.07, 6.45) is -4.54. The summed E-state index contributed by atoms with van der Waals surface area (Å²) in [6.45, 7) is 0.567. The number of alkyl halides is 3. The van der Waals surface area contributed by atoms with Crippen molar-refractivity contribution < 1.29 is 17.6 Å². The summed E-state index contributed by atoms with van der Waals surface area (Å²) in [7, 11) is 1.76. The maximum Gasteiger partial charge on any atom is 0.468 e. The van der Waals surface area contributed by atoms with Gasteiger partial charge in [-0.25, -0.2) is 4.98 Å². The third-order valence-electron chi connectivity index (χ3n) is 2.08. The Morgan fingerprint density at radius 3 is 2.75 bits per heavy atom. The molecule has 0 aliphatic carbocycles. The number of halogens is 3. The molecule has 2 aromatic rings. The number of hydrogen-bond acceptors (Lipinski definition) is 3. The van der Waals surface area contributed by atoms with Gasteiger partial charge in [-0.15, -0.1) is 0 Å². The van der Waals surface area contributed by atoms with E-state index in [1.54, 1.807) is 19.2 Å². The maximum absolute atomic E-state index is 12.3. The van der Waals surface area contributed by atoms with E-state index in [4.69, 9.17) is 0 Å². The quantitative estimate of drug-likeness (QED) is 0.861. The third-order valence-corrected chi connectivity index (χ3v) is 2.08. The van der Waals surface area contributed by atoms with Crippen molar-refractivity contribution in [2.24, 2.45) is 0 Å². The zero-order valence-corrected chi connectivity index (χ0v) is 8.43. The Kier molecular flexibility index (Phi) is 2.59. The highest BCUT2D eigenvalue weighted by Gasteiger charge is 2.37. The smallest absolute Gasteiger partial charge is 0.433 e. The molecule has 0 aliphatic heterocycles. The molecule has 0 radical (unpaired) electrons. The van der Waals surface area contributed by atoms with Crippen LogP contribution in [0.4, 0.5) is 13.2 Å². The monoisotopic (exact) mass is 230 g/mol. The number of fused-ring (bicyclic) bond motifs is 1. The van der Waals surface area contributed by atoms with Crippen molar-refractivity contribution in [1.29, 1.82) is 0 Å². The highest BCUT2D eigenvalue weighted by Crippen LogP contribution is 2.31. The van der Waals surface area contributed by atoms with Crippen molar-refractivity contribution in [3.63, 3.8) is 0 Å². The molecular formula is C10H9F3N2O. The second kappa shape index (κ2) is 3.79. The van der Waals surface area contributed by atoms with E-state index < -0.39 is 12.1 Å². The van der Waals surface area contributed by atoms with Crippen LogP contribution >= 0.6 is 0 Å². The molecule has 1 aromatic heterocycles. The zero-order valence-electron chi connectivity index (χ0n) is 8.43. The molecule has 86 valence electrons. The SMILES string of the molecule is CNCc1ccc2nc(C(F)(F)F)oc2c1. The van der Waals surface area contributed by atoms with Crippen molar-refractivity contribution in [3.05, 3.63) is 29.7 Å². The van der Waals surface area contributed by atoms with Gasteiger partial charge in [0.05, 0.1) is 0 Å². The molecule has 0 amide bonds. The van der Waals surface area contributed by atoms with Crippen LogP contribution < -0.4 is 5.32 Å². The minimum Gasteiger partial charge on any atom is -0.433 e. The lowest BCUT2D eigenvalue weighted by molar-refractivity contribution is -0.156.